The van der Waals surface area contributed by atoms with Crippen LogP contribution >= 0.6 is 0 Å². The SMILES string of the molecule is CCc1ccc(O)c(C(=O)Nc2ccc(OCC3CCCO3)cc2)c1. The van der Waals surface area contributed by atoms with Crippen molar-refractivity contribution < 1.29 is 19.4 Å². The van der Waals surface area contributed by atoms with Crippen LogP contribution in [0.5, 0.6) is 11.5 Å². The molecule has 5 nitrogen and oxygen atoms in total. The van der Waals surface area contributed by atoms with Crippen LogP contribution in [-0.2, 0) is 11.2 Å². The van der Waals surface area contributed by atoms with Crippen molar-refractivity contribution in [2.24, 2.45) is 0 Å². The van der Waals surface area contributed by atoms with Gasteiger partial charge in [0.2, 0.25) is 0 Å². The van der Waals surface area contributed by atoms with Crippen molar-refractivity contribution in [3.8, 4) is 11.5 Å². The topological polar surface area (TPSA) is 67.8 Å². The Morgan fingerprint density at radius 1 is 1.28 bits per heavy atom. The minimum absolute atomic E-state index is 0.0220. The Labute approximate surface area is 147 Å². The number of hydrogen-bond acceptors (Lipinski definition) is 4. The van der Waals surface area contributed by atoms with Crippen LogP contribution in [0, 0.1) is 0 Å². The molecule has 1 amide bonds. The van der Waals surface area contributed by atoms with Gasteiger partial charge in [-0.05, 0) is 61.2 Å². The maximum Gasteiger partial charge on any atom is 0.259 e. The first-order valence-electron chi connectivity index (χ1n) is 8.63. The van der Waals surface area contributed by atoms with Crippen molar-refractivity contribution in [3.63, 3.8) is 0 Å². The minimum Gasteiger partial charge on any atom is -0.507 e. The standard InChI is InChI=1S/C20H23NO4/c1-2-14-5-10-19(22)18(12-14)20(23)21-15-6-8-16(9-7-15)25-13-17-4-3-11-24-17/h5-10,12,17,22H,2-4,11,13H2,1H3,(H,21,23). The number of carbonyl (C=O) groups is 1. The van der Waals surface area contributed by atoms with Gasteiger partial charge in [-0.1, -0.05) is 13.0 Å². The van der Waals surface area contributed by atoms with Gasteiger partial charge >= 0.3 is 0 Å². The average Bonchev–Trinajstić information content (AvgIpc) is 3.15. The van der Waals surface area contributed by atoms with E-state index in [-0.39, 0.29) is 23.3 Å². The van der Waals surface area contributed by atoms with Crippen LogP contribution in [0.1, 0.15) is 35.7 Å². The lowest BCUT2D eigenvalue weighted by Crippen LogP contribution is -2.16. The zero-order valence-corrected chi connectivity index (χ0v) is 14.3. The Hall–Kier alpha value is -2.53. The molecule has 0 aliphatic carbocycles. The normalized spacial score (nSPS) is 16.6. The fourth-order valence-electron chi connectivity index (χ4n) is 2.78. The molecule has 1 fully saturated rings. The van der Waals surface area contributed by atoms with Crippen molar-refractivity contribution in [2.75, 3.05) is 18.5 Å². The smallest absolute Gasteiger partial charge is 0.259 e. The summed E-state index contributed by atoms with van der Waals surface area (Å²) in [4.78, 5) is 12.4. The van der Waals surface area contributed by atoms with E-state index >= 15 is 0 Å². The number of anilines is 1. The van der Waals surface area contributed by atoms with Gasteiger partial charge in [-0.3, -0.25) is 4.79 Å². The number of carbonyl (C=O) groups excluding carboxylic acids is 1. The molecule has 1 aliphatic rings. The third kappa shape index (κ3) is 4.51. The summed E-state index contributed by atoms with van der Waals surface area (Å²) in [7, 11) is 0. The predicted molar refractivity (Wildman–Crippen MR) is 96.3 cm³/mol. The molecule has 0 bridgehead atoms. The number of amides is 1. The Morgan fingerprint density at radius 2 is 2.08 bits per heavy atom. The van der Waals surface area contributed by atoms with Gasteiger partial charge in [0.05, 0.1) is 11.7 Å². The first-order valence-corrected chi connectivity index (χ1v) is 8.63. The summed E-state index contributed by atoms with van der Waals surface area (Å²) in [6.45, 7) is 3.36. The van der Waals surface area contributed by atoms with E-state index in [4.69, 9.17) is 9.47 Å². The highest BCUT2D eigenvalue weighted by atomic mass is 16.5. The number of phenols is 1. The summed E-state index contributed by atoms with van der Waals surface area (Å²) < 4.78 is 11.2. The van der Waals surface area contributed by atoms with E-state index in [0.717, 1.165) is 37.2 Å². The zero-order chi connectivity index (χ0) is 17.6. The van der Waals surface area contributed by atoms with E-state index in [1.165, 1.54) is 0 Å². The molecule has 132 valence electrons. The van der Waals surface area contributed by atoms with Crippen LogP contribution in [0.2, 0.25) is 0 Å². The van der Waals surface area contributed by atoms with Gasteiger partial charge in [0.25, 0.3) is 5.91 Å². The lowest BCUT2D eigenvalue weighted by molar-refractivity contribution is 0.0679. The van der Waals surface area contributed by atoms with Gasteiger partial charge in [-0.15, -0.1) is 0 Å². The van der Waals surface area contributed by atoms with Gasteiger partial charge in [-0.2, -0.15) is 0 Å². The van der Waals surface area contributed by atoms with E-state index in [1.807, 2.05) is 25.1 Å². The molecular formula is C20H23NO4. The van der Waals surface area contributed by atoms with E-state index in [2.05, 4.69) is 5.32 Å². The van der Waals surface area contributed by atoms with Gasteiger partial charge in [0.15, 0.2) is 0 Å². The number of phenolic OH excluding ortho intramolecular Hbond substituents is 1. The predicted octanol–water partition coefficient (Wildman–Crippen LogP) is 3.76. The van der Waals surface area contributed by atoms with Crippen LogP contribution in [0.3, 0.4) is 0 Å². The third-order valence-electron chi connectivity index (χ3n) is 4.29. The van der Waals surface area contributed by atoms with Crippen LogP contribution in [0.4, 0.5) is 5.69 Å². The number of nitrogens with one attached hydrogen (secondary N) is 1. The summed E-state index contributed by atoms with van der Waals surface area (Å²) in [5, 5.41) is 12.7. The molecule has 1 heterocycles. The molecule has 5 heteroatoms. The van der Waals surface area contributed by atoms with Crippen LogP contribution < -0.4 is 10.1 Å². The Bertz CT molecular complexity index is 721. The van der Waals surface area contributed by atoms with Crippen molar-refractivity contribution >= 4 is 11.6 Å². The third-order valence-corrected chi connectivity index (χ3v) is 4.29. The molecule has 0 spiro atoms. The highest BCUT2D eigenvalue weighted by molar-refractivity contribution is 6.06. The molecule has 25 heavy (non-hydrogen) atoms. The van der Waals surface area contributed by atoms with E-state index in [1.54, 1.807) is 24.3 Å². The molecule has 1 atom stereocenters. The number of hydrogen-bond donors (Lipinski definition) is 2. The van der Waals surface area contributed by atoms with Crippen LogP contribution in [0.15, 0.2) is 42.5 Å². The van der Waals surface area contributed by atoms with Gasteiger partial charge in [-0.25, -0.2) is 0 Å². The molecule has 2 aromatic rings. The summed E-state index contributed by atoms with van der Waals surface area (Å²) in [5.41, 5.74) is 1.93. The van der Waals surface area contributed by atoms with Crippen molar-refractivity contribution in [3.05, 3.63) is 53.6 Å². The summed E-state index contributed by atoms with van der Waals surface area (Å²) in [6, 6.07) is 12.3. The van der Waals surface area contributed by atoms with Gasteiger partial charge < -0.3 is 19.9 Å². The fraction of sp³-hybridized carbons (Fsp3) is 0.350. The number of benzene rings is 2. The summed E-state index contributed by atoms with van der Waals surface area (Å²) in [6.07, 6.45) is 3.10. The van der Waals surface area contributed by atoms with Crippen LogP contribution in [0.25, 0.3) is 0 Å². The molecule has 0 saturated carbocycles. The molecular weight excluding hydrogens is 318 g/mol. The molecule has 2 aromatic carbocycles. The quantitative estimate of drug-likeness (QED) is 0.839. The molecule has 0 radical (unpaired) electrons. The number of rotatable bonds is 6. The Balaban J connectivity index is 1.60. The number of aryl methyl sites for hydroxylation is 1. The summed E-state index contributed by atoms with van der Waals surface area (Å²) in [5.74, 6) is 0.386. The van der Waals surface area contributed by atoms with E-state index in [0.29, 0.717) is 12.3 Å². The van der Waals surface area contributed by atoms with Gasteiger partial charge in [0.1, 0.15) is 18.1 Å². The molecule has 1 saturated heterocycles. The summed E-state index contributed by atoms with van der Waals surface area (Å²) >= 11 is 0. The monoisotopic (exact) mass is 341 g/mol. The molecule has 3 rings (SSSR count). The maximum atomic E-state index is 12.4. The van der Waals surface area contributed by atoms with E-state index < -0.39 is 0 Å². The first kappa shape index (κ1) is 17.3. The number of aromatic hydroxyl groups is 1. The lowest BCUT2D eigenvalue weighted by Gasteiger charge is -2.12. The number of ether oxygens (including phenoxy) is 2. The molecule has 2 N–H and O–H groups in total. The van der Waals surface area contributed by atoms with Gasteiger partial charge in [0, 0.05) is 12.3 Å². The second-order valence-corrected chi connectivity index (χ2v) is 6.13. The van der Waals surface area contributed by atoms with E-state index in [9.17, 15) is 9.90 Å². The first-order chi connectivity index (χ1) is 12.2. The fourth-order valence-corrected chi connectivity index (χ4v) is 2.78. The second-order valence-electron chi connectivity index (χ2n) is 6.13. The minimum atomic E-state index is -0.333. The highest BCUT2D eigenvalue weighted by Gasteiger charge is 2.16. The average molecular weight is 341 g/mol. The van der Waals surface area contributed by atoms with Crippen LogP contribution in [-0.4, -0.2) is 30.3 Å². The van der Waals surface area contributed by atoms with Crippen molar-refractivity contribution in [1.82, 2.24) is 0 Å². The zero-order valence-electron chi connectivity index (χ0n) is 14.3. The second kappa shape index (κ2) is 8.03. The highest BCUT2D eigenvalue weighted by Crippen LogP contribution is 2.22. The Kier molecular flexibility index (Phi) is 5.56. The maximum absolute atomic E-state index is 12.4. The molecule has 1 aliphatic heterocycles. The molecule has 0 aromatic heterocycles. The Morgan fingerprint density at radius 3 is 2.76 bits per heavy atom. The largest absolute Gasteiger partial charge is 0.507 e. The lowest BCUT2D eigenvalue weighted by atomic mass is 10.1. The van der Waals surface area contributed by atoms with Crippen molar-refractivity contribution in [2.45, 2.75) is 32.3 Å². The molecule has 1 unspecified atom stereocenters. The van der Waals surface area contributed by atoms with Crippen molar-refractivity contribution in [1.29, 1.82) is 0 Å².